The summed E-state index contributed by atoms with van der Waals surface area (Å²) in [5.74, 6) is 2.15. The Labute approximate surface area is 129 Å². The van der Waals surface area contributed by atoms with E-state index in [9.17, 15) is 0 Å². The van der Waals surface area contributed by atoms with Crippen LogP contribution < -0.4 is 19.9 Å². The van der Waals surface area contributed by atoms with Crippen molar-refractivity contribution in [2.45, 2.75) is 6.61 Å². The monoisotopic (exact) mass is 303 g/mol. The van der Waals surface area contributed by atoms with Crippen LogP contribution in [0.3, 0.4) is 0 Å². The Morgan fingerprint density at radius 2 is 1.81 bits per heavy atom. The van der Waals surface area contributed by atoms with E-state index in [2.05, 4.69) is 0 Å². The van der Waals surface area contributed by atoms with Gasteiger partial charge in [-0.1, -0.05) is 24.4 Å². The summed E-state index contributed by atoms with van der Waals surface area (Å²) >= 11 is 4.98. The molecule has 2 aromatic carbocycles. The fraction of sp³-hybridized carbons (Fsp3) is 0.188. The first kappa shape index (κ1) is 15.1. The summed E-state index contributed by atoms with van der Waals surface area (Å²) in [5, 5.41) is 0. The Morgan fingerprint density at radius 1 is 1.05 bits per heavy atom. The molecule has 0 aromatic heterocycles. The highest BCUT2D eigenvalue weighted by molar-refractivity contribution is 7.80. The van der Waals surface area contributed by atoms with Gasteiger partial charge in [-0.2, -0.15) is 0 Å². The van der Waals surface area contributed by atoms with Gasteiger partial charge < -0.3 is 19.9 Å². The maximum atomic E-state index is 5.73. The number of thiocarbonyl (C=S) groups is 1. The van der Waals surface area contributed by atoms with Crippen LogP contribution >= 0.6 is 12.2 Å². The van der Waals surface area contributed by atoms with Crippen LogP contribution in [0.5, 0.6) is 17.2 Å². The van der Waals surface area contributed by atoms with Crippen LogP contribution in [0.25, 0.3) is 0 Å². The summed E-state index contributed by atoms with van der Waals surface area (Å²) in [4.78, 5) is 0.312. The fourth-order valence-electron chi connectivity index (χ4n) is 1.89. The molecule has 110 valence electrons. The second-order valence-electron chi connectivity index (χ2n) is 4.37. The van der Waals surface area contributed by atoms with Gasteiger partial charge in [-0.15, -0.1) is 0 Å². The number of hydrogen-bond donors (Lipinski definition) is 1. The second kappa shape index (κ2) is 6.95. The van der Waals surface area contributed by atoms with Crippen molar-refractivity contribution in [1.82, 2.24) is 0 Å². The topological polar surface area (TPSA) is 53.7 Å². The number of benzene rings is 2. The maximum absolute atomic E-state index is 5.73. The summed E-state index contributed by atoms with van der Waals surface area (Å²) in [6.07, 6.45) is 0. The van der Waals surface area contributed by atoms with E-state index in [0.717, 1.165) is 22.6 Å². The molecule has 0 fully saturated rings. The molecule has 21 heavy (non-hydrogen) atoms. The Morgan fingerprint density at radius 3 is 2.48 bits per heavy atom. The van der Waals surface area contributed by atoms with Crippen molar-refractivity contribution < 1.29 is 14.2 Å². The third kappa shape index (κ3) is 3.86. The van der Waals surface area contributed by atoms with Crippen LogP contribution in [0.4, 0.5) is 0 Å². The molecular weight excluding hydrogens is 286 g/mol. The quantitative estimate of drug-likeness (QED) is 0.832. The summed E-state index contributed by atoms with van der Waals surface area (Å²) in [5.41, 5.74) is 7.33. The normalized spacial score (nSPS) is 10.0. The molecule has 0 spiro atoms. The van der Waals surface area contributed by atoms with Crippen molar-refractivity contribution in [1.29, 1.82) is 0 Å². The second-order valence-corrected chi connectivity index (χ2v) is 4.81. The number of ether oxygens (including phenoxy) is 3. The molecule has 0 radical (unpaired) electrons. The zero-order valence-corrected chi connectivity index (χ0v) is 12.8. The molecule has 0 aliphatic carbocycles. The Bertz CT molecular complexity index is 643. The van der Waals surface area contributed by atoms with Gasteiger partial charge in [-0.05, 0) is 29.8 Å². The van der Waals surface area contributed by atoms with E-state index in [1.54, 1.807) is 14.2 Å². The number of methoxy groups -OCH3 is 2. The molecule has 2 N–H and O–H groups in total. The molecule has 0 saturated heterocycles. The Balaban J connectivity index is 2.11. The zero-order valence-electron chi connectivity index (χ0n) is 12.0. The predicted octanol–water partition coefficient (Wildman–Crippen LogP) is 2.92. The third-order valence-corrected chi connectivity index (χ3v) is 3.20. The van der Waals surface area contributed by atoms with Gasteiger partial charge in [0.2, 0.25) is 0 Å². The molecule has 0 atom stereocenters. The SMILES string of the molecule is COc1cccc(OCc2ccc(C(N)=S)c(OC)c2)c1. The minimum atomic E-state index is 0.312. The lowest BCUT2D eigenvalue weighted by atomic mass is 10.1. The number of rotatable bonds is 6. The molecule has 2 rings (SSSR count). The summed E-state index contributed by atoms with van der Waals surface area (Å²) in [6, 6.07) is 13.1. The zero-order chi connectivity index (χ0) is 15.2. The Hall–Kier alpha value is -2.27. The molecule has 0 amide bonds. The lowest BCUT2D eigenvalue weighted by Crippen LogP contribution is -2.11. The van der Waals surface area contributed by atoms with E-state index >= 15 is 0 Å². The maximum Gasteiger partial charge on any atom is 0.129 e. The van der Waals surface area contributed by atoms with E-state index in [4.69, 9.17) is 32.2 Å². The summed E-state index contributed by atoms with van der Waals surface area (Å²) < 4.78 is 16.2. The van der Waals surface area contributed by atoms with Gasteiger partial charge in [0.1, 0.15) is 28.8 Å². The average molecular weight is 303 g/mol. The van der Waals surface area contributed by atoms with E-state index in [1.807, 2.05) is 42.5 Å². The number of nitrogens with two attached hydrogens (primary N) is 1. The number of hydrogen-bond acceptors (Lipinski definition) is 4. The third-order valence-electron chi connectivity index (χ3n) is 2.98. The van der Waals surface area contributed by atoms with Crippen LogP contribution in [-0.2, 0) is 6.61 Å². The van der Waals surface area contributed by atoms with Crippen LogP contribution in [0.1, 0.15) is 11.1 Å². The first-order valence-corrected chi connectivity index (χ1v) is 6.78. The Kier molecular flexibility index (Phi) is 5.00. The van der Waals surface area contributed by atoms with E-state index in [-0.39, 0.29) is 0 Å². The fourth-order valence-corrected chi connectivity index (χ4v) is 2.06. The van der Waals surface area contributed by atoms with Gasteiger partial charge in [0.15, 0.2) is 0 Å². The van der Waals surface area contributed by atoms with E-state index in [0.29, 0.717) is 17.3 Å². The van der Waals surface area contributed by atoms with Gasteiger partial charge in [-0.25, -0.2) is 0 Å². The molecule has 0 aliphatic rings. The predicted molar refractivity (Wildman–Crippen MR) is 86.2 cm³/mol. The molecule has 5 heteroatoms. The van der Waals surface area contributed by atoms with Crippen LogP contribution in [0, 0.1) is 0 Å². The van der Waals surface area contributed by atoms with Crippen LogP contribution in [-0.4, -0.2) is 19.2 Å². The average Bonchev–Trinajstić information content (AvgIpc) is 2.52. The molecule has 0 bridgehead atoms. The highest BCUT2D eigenvalue weighted by Crippen LogP contribution is 2.23. The van der Waals surface area contributed by atoms with Gasteiger partial charge in [0.25, 0.3) is 0 Å². The van der Waals surface area contributed by atoms with Crippen molar-refractivity contribution in [2.75, 3.05) is 14.2 Å². The smallest absolute Gasteiger partial charge is 0.129 e. The van der Waals surface area contributed by atoms with E-state index < -0.39 is 0 Å². The first-order valence-electron chi connectivity index (χ1n) is 6.37. The molecule has 0 unspecified atom stereocenters. The van der Waals surface area contributed by atoms with Gasteiger partial charge >= 0.3 is 0 Å². The largest absolute Gasteiger partial charge is 0.497 e. The van der Waals surface area contributed by atoms with E-state index in [1.165, 1.54) is 0 Å². The lowest BCUT2D eigenvalue weighted by molar-refractivity contribution is 0.302. The summed E-state index contributed by atoms with van der Waals surface area (Å²) in [6.45, 7) is 0.418. The molecular formula is C16H17NO3S. The van der Waals surface area contributed by atoms with Crippen molar-refractivity contribution in [3.05, 3.63) is 53.6 Å². The van der Waals surface area contributed by atoms with Crippen molar-refractivity contribution in [2.24, 2.45) is 5.73 Å². The molecule has 4 nitrogen and oxygen atoms in total. The molecule has 2 aromatic rings. The van der Waals surface area contributed by atoms with Crippen molar-refractivity contribution in [3.8, 4) is 17.2 Å². The van der Waals surface area contributed by atoms with Gasteiger partial charge in [0.05, 0.1) is 19.8 Å². The first-order chi connectivity index (χ1) is 10.1. The molecule has 0 heterocycles. The molecule has 0 saturated carbocycles. The standard InChI is InChI=1S/C16H17NO3S/c1-18-12-4-3-5-13(9-12)20-10-11-6-7-14(16(17)21)15(8-11)19-2/h3-9H,10H2,1-2H3,(H2,17,21). The molecule has 0 aliphatic heterocycles. The lowest BCUT2D eigenvalue weighted by Gasteiger charge is -2.11. The minimum Gasteiger partial charge on any atom is -0.497 e. The van der Waals surface area contributed by atoms with Crippen LogP contribution in [0.15, 0.2) is 42.5 Å². The van der Waals surface area contributed by atoms with Crippen molar-refractivity contribution in [3.63, 3.8) is 0 Å². The summed E-state index contributed by atoms with van der Waals surface area (Å²) in [7, 11) is 3.21. The van der Waals surface area contributed by atoms with Gasteiger partial charge in [-0.3, -0.25) is 0 Å². The van der Waals surface area contributed by atoms with Crippen molar-refractivity contribution >= 4 is 17.2 Å². The van der Waals surface area contributed by atoms with Crippen LogP contribution in [0.2, 0.25) is 0 Å². The van der Waals surface area contributed by atoms with Gasteiger partial charge in [0, 0.05) is 6.07 Å². The minimum absolute atomic E-state index is 0.312. The highest BCUT2D eigenvalue weighted by Gasteiger charge is 2.07. The highest BCUT2D eigenvalue weighted by atomic mass is 32.1.